The quantitative estimate of drug-likeness (QED) is 0.419. The third-order valence-corrected chi connectivity index (χ3v) is 3.97. The van der Waals surface area contributed by atoms with Crippen LogP contribution in [-0.4, -0.2) is 27.1 Å². The fourth-order valence-corrected chi connectivity index (χ4v) is 2.61. The number of halogens is 2. The smallest absolute Gasteiger partial charge is 0.229 e. The molecule has 136 valence electrons. The van der Waals surface area contributed by atoms with Crippen molar-refractivity contribution in [3.8, 4) is 0 Å². The minimum absolute atomic E-state index is 0.0198. The summed E-state index contributed by atoms with van der Waals surface area (Å²) in [7, 11) is 0. The molecule has 1 saturated carbocycles. The second kappa shape index (κ2) is 7.92. The van der Waals surface area contributed by atoms with Gasteiger partial charge in [-0.2, -0.15) is 0 Å². The third kappa shape index (κ3) is 5.34. The lowest BCUT2D eigenvalue weighted by atomic mass is 10.3. The summed E-state index contributed by atoms with van der Waals surface area (Å²) in [6.07, 6.45) is 2.07. The minimum Gasteiger partial charge on any atom is -0.332 e. The normalized spacial score (nSPS) is 14.1. The minimum atomic E-state index is -0.485. The van der Waals surface area contributed by atoms with Gasteiger partial charge in [0.05, 0.1) is 11.1 Å². The summed E-state index contributed by atoms with van der Waals surface area (Å²) < 4.78 is 13.3. The van der Waals surface area contributed by atoms with E-state index in [2.05, 4.69) is 30.9 Å². The molecule has 2 aromatic rings. The molecule has 3 rings (SSSR count). The number of rotatable bonds is 3. The number of aliphatic imine (C=N–C) groups is 1. The van der Waals surface area contributed by atoms with Crippen LogP contribution in [0.1, 0.15) is 24.2 Å². The summed E-state index contributed by atoms with van der Waals surface area (Å²) in [5.41, 5.74) is 2.28. The molecule has 0 bridgehead atoms. The van der Waals surface area contributed by atoms with E-state index in [1.807, 2.05) is 19.9 Å². The zero-order valence-corrected chi connectivity index (χ0v) is 15.9. The van der Waals surface area contributed by atoms with E-state index in [4.69, 9.17) is 23.8 Å². The highest BCUT2D eigenvalue weighted by atomic mass is 35.5. The zero-order valence-electron chi connectivity index (χ0n) is 14.3. The van der Waals surface area contributed by atoms with Crippen LogP contribution >= 0.6 is 23.8 Å². The molecule has 1 aliphatic rings. The van der Waals surface area contributed by atoms with Gasteiger partial charge >= 0.3 is 0 Å². The molecule has 0 saturated heterocycles. The topological polar surface area (TPSA) is 74.2 Å². The van der Waals surface area contributed by atoms with E-state index in [9.17, 15) is 4.39 Å². The maximum atomic E-state index is 13.3. The van der Waals surface area contributed by atoms with Crippen molar-refractivity contribution in [3.63, 3.8) is 0 Å². The molecule has 1 heterocycles. The molecule has 1 aliphatic carbocycles. The number of aromatic nitrogens is 2. The molecule has 1 aromatic heterocycles. The summed E-state index contributed by atoms with van der Waals surface area (Å²) in [6, 6.07) is 6.43. The Kier molecular flexibility index (Phi) is 5.63. The van der Waals surface area contributed by atoms with Crippen LogP contribution in [0, 0.1) is 19.7 Å². The van der Waals surface area contributed by atoms with Gasteiger partial charge < -0.3 is 10.6 Å². The molecule has 0 atom stereocenters. The number of nitrogens with one attached hydrogen (secondary N) is 3. The molecular formula is C17H18ClFN6S. The number of hydrogen-bond acceptors (Lipinski definition) is 4. The molecule has 0 aliphatic heterocycles. The van der Waals surface area contributed by atoms with Gasteiger partial charge in [0.15, 0.2) is 5.11 Å². The predicted octanol–water partition coefficient (Wildman–Crippen LogP) is 3.80. The van der Waals surface area contributed by atoms with Crippen LogP contribution in [0.2, 0.25) is 5.02 Å². The average Bonchev–Trinajstić information content (AvgIpc) is 3.33. The van der Waals surface area contributed by atoms with Gasteiger partial charge in [-0.15, -0.1) is 0 Å². The van der Waals surface area contributed by atoms with Gasteiger partial charge in [-0.25, -0.2) is 19.4 Å². The standard InChI is InChI=1S/C17H18ClFN6S/c1-9-7-10(2)21-15(20-9)24-16(22-11-3-4-11)25-17(26)23-12-5-6-14(19)13(18)8-12/h5-8,11H,3-4H2,1-2H3,(H3,20,21,22,23,24,25,26). The van der Waals surface area contributed by atoms with E-state index in [0.29, 0.717) is 22.7 Å². The predicted molar refractivity (Wildman–Crippen MR) is 106 cm³/mol. The molecule has 26 heavy (non-hydrogen) atoms. The maximum absolute atomic E-state index is 13.3. The van der Waals surface area contributed by atoms with Crippen molar-refractivity contribution in [2.24, 2.45) is 4.99 Å². The molecule has 1 aromatic carbocycles. The number of anilines is 2. The first-order valence-corrected chi connectivity index (χ1v) is 8.88. The van der Waals surface area contributed by atoms with Crippen molar-refractivity contribution in [2.45, 2.75) is 32.7 Å². The summed E-state index contributed by atoms with van der Waals surface area (Å²) in [5, 5.41) is 9.34. The van der Waals surface area contributed by atoms with E-state index < -0.39 is 5.82 Å². The second-order valence-corrected chi connectivity index (χ2v) is 6.83. The van der Waals surface area contributed by atoms with Gasteiger partial charge in [0.1, 0.15) is 5.82 Å². The zero-order chi connectivity index (χ0) is 18.7. The van der Waals surface area contributed by atoms with Gasteiger partial charge in [-0.1, -0.05) is 11.6 Å². The number of hydrogen-bond donors (Lipinski definition) is 3. The number of nitrogens with zero attached hydrogens (tertiary/aromatic N) is 3. The van der Waals surface area contributed by atoms with Crippen molar-refractivity contribution < 1.29 is 4.39 Å². The molecule has 0 amide bonds. The number of aryl methyl sites for hydroxylation is 2. The van der Waals surface area contributed by atoms with Gasteiger partial charge in [0, 0.05) is 17.1 Å². The Morgan fingerprint density at radius 1 is 1.19 bits per heavy atom. The molecule has 3 N–H and O–H groups in total. The lowest BCUT2D eigenvalue weighted by Gasteiger charge is -2.14. The highest BCUT2D eigenvalue weighted by molar-refractivity contribution is 7.80. The first-order chi connectivity index (χ1) is 12.4. The Bertz CT molecular complexity index is 848. The highest BCUT2D eigenvalue weighted by Crippen LogP contribution is 2.23. The Balaban J connectivity index is 1.69. The van der Waals surface area contributed by atoms with Crippen molar-refractivity contribution >= 4 is 46.5 Å². The van der Waals surface area contributed by atoms with Gasteiger partial charge in [0.2, 0.25) is 11.9 Å². The van der Waals surface area contributed by atoms with E-state index in [1.165, 1.54) is 12.1 Å². The average molecular weight is 393 g/mol. The lowest BCUT2D eigenvalue weighted by Crippen LogP contribution is -2.39. The summed E-state index contributed by atoms with van der Waals surface area (Å²) in [6.45, 7) is 3.80. The molecule has 0 spiro atoms. The fourth-order valence-electron chi connectivity index (χ4n) is 2.21. The van der Waals surface area contributed by atoms with Gasteiger partial charge in [0.25, 0.3) is 0 Å². The van der Waals surface area contributed by atoms with Crippen molar-refractivity contribution in [3.05, 3.63) is 46.5 Å². The van der Waals surface area contributed by atoms with Crippen LogP contribution in [0.4, 0.5) is 16.0 Å². The SMILES string of the molecule is Cc1cc(C)nc(NC(=NC2CC2)NC(=S)Nc2ccc(F)c(Cl)c2)n1. The van der Waals surface area contributed by atoms with Crippen molar-refractivity contribution in [1.29, 1.82) is 0 Å². The number of benzene rings is 1. The van der Waals surface area contributed by atoms with Crippen LogP contribution in [0.15, 0.2) is 29.3 Å². The van der Waals surface area contributed by atoms with E-state index in [0.717, 1.165) is 24.2 Å². The largest absolute Gasteiger partial charge is 0.332 e. The van der Waals surface area contributed by atoms with Crippen molar-refractivity contribution in [1.82, 2.24) is 15.3 Å². The molecule has 1 fully saturated rings. The summed E-state index contributed by atoms with van der Waals surface area (Å²) >= 11 is 11.1. The van der Waals surface area contributed by atoms with Gasteiger partial charge in [-0.05, 0) is 63.2 Å². The van der Waals surface area contributed by atoms with E-state index >= 15 is 0 Å². The third-order valence-electron chi connectivity index (χ3n) is 3.48. The molecular weight excluding hydrogens is 375 g/mol. The van der Waals surface area contributed by atoms with Gasteiger partial charge in [-0.3, -0.25) is 5.32 Å². The Morgan fingerprint density at radius 2 is 1.88 bits per heavy atom. The van der Waals surface area contributed by atoms with Crippen LogP contribution in [0.25, 0.3) is 0 Å². The first-order valence-electron chi connectivity index (χ1n) is 8.09. The van der Waals surface area contributed by atoms with E-state index in [-0.39, 0.29) is 11.1 Å². The fraction of sp³-hybridized carbons (Fsp3) is 0.294. The van der Waals surface area contributed by atoms with Crippen LogP contribution in [-0.2, 0) is 0 Å². The maximum Gasteiger partial charge on any atom is 0.229 e. The number of guanidine groups is 1. The monoisotopic (exact) mass is 392 g/mol. The Labute approximate surface area is 161 Å². The van der Waals surface area contributed by atoms with Crippen LogP contribution in [0.5, 0.6) is 0 Å². The molecule has 0 unspecified atom stereocenters. The number of thiocarbonyl (C=S) groups is 1. The highest BCUT2D eigenvalue weighted by Gasteiger charge is 2.22. The van der Waals surface area contributed by atoms with Crippen molar-refractivity contribution in [2.75, 3.05) is 10.6 Å². The first kappa shape index (κ1) is 18.5. The molecule has 9 heteroatoms. The molecule has 0 radical (unpaired) electrons. The second-order valence-electron chi connectivity index (χ2n) is 6.02. The van der Waals surface area contributed by atoms with E-state index in [1.54, 1.807) is 6.07 Å². The summed E-state index contributed by atoms with van der Waals surface area (Å²) in [5.74, 6) is 0.422. The Morgan fingerprint density at radius 3 is 2.50 bits per heavy atom. The Hall–Kier alpha value is -2.32. The lowest BCUT2D eigenvalue weighted by molar-refractivity contribution is 0.628. The van der Waals surface area contributed by atoms with Crippen LogP contribution < -0.4 is 16.0 Å². The summed E-state index contributed by atoms with van der Waals surface area (Å²) in [4.78, 5) is 13.3. The molecule has 6 nitrogen and oxygen atoms in total. The van der Waals surface area contributed by atoms with Crippen LogP contribution in [0.3, 0.4) is 0 Å².